The fourth-order valence-corrected chi connectivity index (χ4v) is 1.64. The highest BCUT2D eigenvalue weighted by Gasteiger charge is 2.05. The molecule has 4 nitrogen and oxygen atoms in total. The van der Waals surface area contributed by atoms with E-state index in [1.165, 1.54) is 12.1 Å². The average Bonchev–Trinajstić information content (AvgIpc) is 2.69. The Labute approximate surface area is 105 Å². The first-order valence-electron chi connectivity index (χ1n) is 5.53. The van der Waals surface area contributed by atoms with Gasteiger partial charge in [-0.05, 0) is 25.1 Å². The third kappa shape index (κ3) is 2.33. The number of hydrogen-bond donors (Lipinski definition) is 1. The fourth-order valence-electron chi connectivity index (χ4n) is 1.64. The summed E-state index contributed by atoms with van der Waals surface area (Å²) >= 11 is 0. The van der Waals surface area contributed by atoms with E-state index in [-0.39, 0.29) is 5.56 Å². The highest BCUT2D eigenvalue weighted by atomic mass is 19.1. The molecule has 0 aliphatic carbocycles. The number of aromatic nitrogens is 2. The summed E-state index contributed by atoms with van der Waals surface area (Å²) in [4.78, 5) is 0. The van der Waals surface area contributed by atoms with Gasteiger partial charge in [-0.15, -0.1) is 0 Å². The van der Waals surface area contributed by atoms with Gasteiger partial charge in [0.25, 0.3) is 0 Å². The smallest absolute Gasteiger partial charge is 0.141 e. The first-order chi connectivity index (χ1) is 8.61. The van der Waals surface area contributed by atoms with Crippen molar-refractivity contribution >= 4 is 5.69 Å². The number of benzene rings is 1. The molecule has 0 spiro atoms. The number of nitrogens with one attached hydrogen (secondary N) is 1. The highest BCUT2D eigenvalue weighted by Crippen LogP contribution is 2.15. The van der Waals surface area contributed by atoms with Crippen LogP contribution in [0.1, 0.15) is 16.8 Å². The van der Waals surface area contributed by atoms with Gasteiger partial charge in [0, 0.05) is 30.5 Å². The lowest BCUT2D eigenvalue weighted by molar-refractivity contribution is 0.624. The third-order valence-corrected chi connectivity index (χ3v) is 2.91. The molecule has 92 valence electrons. The maximum Gasteiger partial charge on any atom is 0.141 e. The molecular weight excluding hydrogens is 231 g/mol. The van der Waals surface area contributed by atoms with E-state index in [4.69, 9.17) is 5.26 Å². The molecule has 0 saturated carbocycles. The minimum absolute atomic E-state index is 0.0444. The standard InChI is InChI=1S/C13H13FN4/c1-9-11(8-17-18(9)2)7-16-12-3-4-13(14)10(5-12)6-15/h3-5,8,16H,7H2,1-2H3. The average molecular weight is 244 g/mol. The Morgan fingerprint density at radius 3 is 2.89 bits per heavy atom. The first-order valence-corrected chi connectivity index (χ1v) is 5.53. The maximum atomic E-state index is 13.1. The lowest BCUT2D eigenvalue weighted by Crippen LogP contribution is -2.02. The maximum absolute atomic E-state index is 13.1. The molecule has 2 rings (SSSR count). The number of halogens is 1. The number of rotatable bonds is 3. The van der Waals surface area contributed by atoms with Crippen LogP contribution in [0.2, 0.25) is 0 Å². The van der Waals surface area contributed by atoms with Crippen molar-refractivity contribution in [2.24, 2.45) is 7.05 Å². The Morgan fingerprint density at radius 1 is 1.50 bits per heavy atom. The molecule has 0 atom stereocenters. The van der Waals surface area contributed by atoms with Crippen LogP contribution >= 0.6 is 0 Å². The molecule has 0 bridgehead atoms. The van der Waals surface area contributed by atoms with E-state index in [0.717, 1.165) is 16.9 Å². The van der Waals surface area contributed by atoms with Gasteiger partial charge >= 0.3 is 0 Å². The number of hydrogen-bond acceptors (Lipinski definition) is 3. The molecule has 1 heterocycles. The van der Waals surface area contributed by atoms with Crippen LogP contribution in [0.5, 0.6) is 0 Å². The van der Waals surface area contributed by atoms with Crippen LogP contribution < -0.4 is 5.32 Å². The van der Waals surface area contributed by atoms with Gasteiger partial charge < -0.3 is 5.32 Å². The van der Waals surface area contributed by atoms with Gasteiger partial charge in [0.15, 0.2) is 0 Å². The van der Waals surface area contributed by atoms with Crippen LogP contribution in [-0.4, -0.2) is 9.78 Å². The summed E-state index contributed by atoms with van der Waals surface area (Å²) in [5.41, 5.74) is 2.91. The molecule has 0 aliphatic heterocycles. The van der Waals surface area contributed by atoms with Gasteiger partial charge in [-0.1, -0.05) is 0 Å². The predicted octanol–water partition coefficient (Wildman–Crippen LogP) is 2.35. The van der Waals surface area contributed by atoms with E-state index in [2.05, 4.69) is 10.4 Å². The molecule has 0 saturated heterocycles. The number of nitrogens with zero attached hydrogens (tertiary/aromatic N) is 3. The van der Waals surface area contributed by atoms with Crippen LogP contribution in [0.3, 0.4) is 0 Å². The number of anilines is 1. The highest BCUT2D eigenvalue weighted by molar-refractivity contribution is 5.50. The molecular formula is C13H13FN4. The van der Waals surface area contributed by atoms with Gasteiger partial charge in [0.2, 0.25) is 0 Å². The number of nitriles is 1. The first kappa shape index (κ1) is 12.1. The molecule has 18 heavy (non-hydrogen) atoms. The van der Waals surface area contributed by atoms with E-state index < -0.39 is 5.82 Å². The summed E-state index contributed by atoms with van der Waals surface area (Å²) in [5.74, 6) is -0.499. The van der Waals surface area contributed by atoms with Crippen molar-refractivity contribution in [1.82, 2.24) is 9.78 Å². The zero-order valence-corrected chi connectivity index (χ0v) is 10.2. The minimum Gasteiger partial charge on any atom is -0.381 e. The zero-order chi connectivity index (χ0) is 13.1. The van der Waals surface area contributed by atoms with Crippen molar-refractivity contribution in [2.45, 2.75) is 13.5 Å². The van der Waals surface area contributed by atoms with E-state index in [1.54, 1.807) is 16.9 Å². The topological polar surface area (TPSA) is 53.6 Å². The lowest BCUT2D eigenvalue weighted by atomic mass is 10.2. The van der Waals surface area contributed by atoms with Gasteiger partial charge in [0.1, 0.15) is 11.9 Å². The van der Waals surface area contributed by atoms with Crippen molar-refractivity contribution in [3.8, 4) is 6.07 Å². The van der Waals surface area contributed by atoms with E-state index in [9.17, 15) is 4.39 Å². The molecule has 2 aromatic rings. The molecule has 1 aromatic heterocycles. The molecule has 0 unspecified atom stereocenters. The minimum atomic E-state index is -0.499. The van der Waals surface area contributed by atoms with Crippen LogP contribution in [0.15, 0.2) is 24.4 Å². The SMILES string of the molecule is Cc1c(CNc2ccc(F)c(C#N)c2)cnn1C. The van der Waals surface area contributed by atoms with Crippen molar-refractivity contribution < 1.29 is 4.39 Å². The van der Waals surface area contributed by atoms with E-state index in [1.807, 2.05) is 20.0 Å². The summed E-state index contributed by atoms with van der Waals surface area (Å²) in [6, 6.07) is 6.22. The zero-order valence-electron chi connectivity index (χ0n) is 10.2. The summed E-state index contributed by atoms with van der Waals surface area (Å²) < 4.78 is 14.9. The third-order valence-electron chi connectivity index (χ3n) is 2.91. The van der Waals surface area contributed by atoms with Gasteiger partial charge in [-0.2, -0.15) is 10.4 Å². The number of aryl methyl sites for hydroxylation is 1. The van der Waals surface area contributed by atoms with Crippen LogP contribution in [0.4, 0.5) is 10.1 Å². The second kappa shape index (κ2) is 4.88. The summed E-state index contributed by atoms with van der Waals surface area (Å²) in [5, 5.41) is 16.0. The second-order valence-electron chi connectivity index (χ2n) is 4.04. The Morgan fingerprint density at radius 2 is 2.28 bits per heavy atom. The Bertz CT molecular complexity index is 610. The second-order valence-corrected chi connectivity index (χ2v) is 4.04. The van der Waals surface area contributed by atoms with Crippen LogP contribution in [-0.2, 0) is 13.6 Å². The Hall–Kier alpha value is -2.35. The molecule has 1 N–H and O–H groups in total. The summed E-state index contributed by atoms with van der Waals surface area (Å²) in [6.45, 7) is 2.57. The molecule has 5 heteroatoms. The molecule has 1 aromatic carbocycles. The Kier molecular flexibility index (Phi) is 3.28. The van der Waals surface area contributed by atoms with Crippen molar-refractivity contribution in [3.63, 3.8) is 0 Å². The monoisotopic (exact) mass is 244 g/mol. The van der Waals surface area contributed by atoms with Crippen molar-refractivity contribution in [2.75, 3.05) is 5.32 Å². The predicted molar refractivity (Wildman–Crippen MR) is 66.4 cm³/mol. The van der Waals surface area contributed by atoms with Crippen molar-refractivity contribution in [3.05, 3.63) is 47.0 Å². The van der Waals surface area contributed by atoms with Gasteiger partial charge in [-0.3, -0.25) is 4.68 Å². The largest absolute Gasteiger partial charge is 0.381 e. The fraction of sp³-hybridized carbons (Fsp3) is 0.231. The summed E-state index contributed by atoms with van der Waals surface area (Å²) in [7, 11) is 1.88. The molecule has 0 radical (unpaired) electrons. The quantitative estimate of drug-likeness (QED) is 0.901. The van der Waals surface area contributed by atoms with Crippen LogP contribution in [0, 0.1) is 24.1 Å². The van der Waals surface area contributed by atoms with E-state index in [0.29, 0.717) is 6.54 Å². The van der Waals surface area contributed by atoms with Crippen molar-refractivity contribution in [1.29, 1.82) is 5.26 Å². The molecule has 0 fully saturated rings. The normalized spacial score (nSPS) is 10.1. The molecule has 0 amide bonds. The summed E-state index contributed by atoms with van der Waals surface area (Å²) in [6.07, 6.45) is 1.79. The van der Waals surface area contributed by atoms with Gasteiger partial charge in [-0.25, -0.2) is 4.39 Å². The van der Waals surface area contributed by atoms with Gasteiger partial charge in [0.05, 0.1) is 11.8 Å². The lowest BCUT2D eigenvalue weighted by Gasteiger charge is -2.06. The van der Waals surface area contributed by atoms with Crippen LogP contribution in [0.25, 0.3) is 0 Å². The van der Waals surface area contributed by atoms with E-state index >= 15 is 0 Å². The Balaban J connectivity index is 2.11. The molecule has 0 aliphatic rings.